The molecule has 0 atom stereocenters. The molecule has 0 spiro atoms. The number of nitrogens with two attached hydrogens (primary N) is 1. The van der Waals surface area contributed by atoms with Crippen LogP contribution < -0.4 is 15.8 Å². The van der Waals surface area contributed by atoms with Crippen molar-refractivity contribution >= 4 is 22.0 Å². The molecule has 0 unspecified atom stereocenters. The minimum atomic E-state index is -4.48. The molecule has 0 saturated heterocycles. The summed E-state index contributed by atoms with van der Waals surface area (Å²) in [6.45, 7) is 0. The molecule has 11 heteroatoms. The van der Waals surface area contributed by atoms with Crippen LogP contribution in [0.15, 0.2) is 41.6 Å². The lowest BCUT2D eigenvalue weighted by Gasteiger charge is -2.09. The van der Waals surface area contributed by atoms with E-state index in [2.05, 4.69) is 9.97 Å². The molecule has 120 valence electrons. The van der Waals surface area contributed by atoms with Crippen LogP contribution in [-0.2, 0) is 10.1 Å². The quantitative estimate of drug-likeness (QED) is 0.543. The summed E-state index contributed by atoms with van der Waals surface area (Å²) in [4.78, 5) is 16.2. The summed E-state index contributed by atoms with van der Waals surface area (Å²) < 4.78 is 29.7. The van der Waals surface area contributed by atoms with Gasteiger partial charge in [-0.3, -0.25) is 10.3 Å². The largest absolute Gasteiger partial charge is 0.872 e. The summed E-state index contributed by atoms with van der Waals surface area (Å²) in [5.74, 6) is -1.91. The molecule has 2 aromatic rings. The van der Waals surface area contributed by atoms with E-state index in [1.807, 2.05) is 0 Å². The van der Waals surface area contributed by atoms with Gasteiger partial charge in [-0.25, -0.2) is 9.78 Å². The summed E-state index contributed by atoms with van der Waals surface area (Å²) in [5.41, 5.74) is 4.50. The Labute approximate surface area is 124 Å². The fourth-order valence-corrected chi connectivity index (χ4v) is 1.68. The Balaban J connectivity index is 0.000000465. The van der Waals surface area contributed by atoms with Crippen LogP contribution in [-0.4, -0.2) is 34.5 Å². The number of aromatic nitrogens is 2. The zero-order chi connectivity index (χ0) is 16.0. The molecule has 7 N–H and O–H groups in total. The lowest BCUT2D eigenvalue weighted by molar-refractivity contribution is -0.364. The van der Waals surface area contributed by atoms with E-state index in [-0.39, 0.29) is 5.48 Å². The van der Waals surface area contributed by atoms with Crippen molar-refractivity contribution in [1.29, 1.82) is 0 Å². The first-order valence-electron chi connectivity index (χ1n) is 5.32. The van der Waals surface area contributed by atoms with Gasteiger partial charge >= 0.3 is 11.9 Å². The highest BCUT2D eigenvalue weighted by Crippen LogP contribution is 2.18. The predicted molar refractivity (Wildman–Crippen MR) is 71.5 cm³/mol. The lowest BCUT2D eigenvalue weighted by Crippen LogP contribution is -2.09. The summed E-state index contributed by atoms with van der Waals surface area (Å²) in [6.07, 6.45) is 3.36. The zero-order valence-corrected chi connectivity index (χ0v) is 11.7. The molecular formula is C11H13N3O7S. The van der Waals surface area contributed by atoms with E-state index >= 15 is 0 Å². The molecule has 0 radical (unpaired) electrons. The van der Waals surface area contributed by atoms with Crippen molar-refractivity contribution in [2.75, 3.05) is 5.73 Å². The van der Waals surface area contributed by atoms with Crippen molar-refractivity contribution in [3.05, 3.63) is 42.2 Å². The highest BCUT2D eigenvalue weighted by molar-refractivity contribution is 7.85. The van der Waals surface area contributed by atoms with E-state index in [1.54, 1.807) is 18.5 Å². The maximum Gasteiger partial charge on any atom is 0.386 e. The van der Waals surface area contributed by atoms with Gasteiger partial charge < -0.3 is 15.7 Å². The minimum Gasteiger partial charge on any atom is -0.872 e. The first kappa shape index (κ1) is 19.2. The van der Waals surface area contributed by atoms with Gasteiger partial charge in [-0.2, -0.15) is 8.42 Å². The van der Waals surface area contributed by atoms with Crippen molar-refractivity contribution in [2.24, 2.45) is 0 Å². The number of carboxylic acids is 1. The number of carbonyl (C=O) groups is 1. The molecule has 0 amide bonds. The van der Waals surface area contributed by atoms with E-state index in [0.717, 1.165) is 12.1 Å². The third-order valence-electron chi connectivity index (χ3n) is 2.11. The van der Waals surface area contributed by atoms with E-state index in [9.17, 15) is 18.3 Å². The molecule has 2 rings (SSSR count). The third-order valence-corrected chi connectivity index (χ3v) is 2.96. The number of aromatic amines is 1. The molecule has 0 bridgehead atoms. The molecule has 0 saturated carbocycles. The second-order valence-corrected chi connectivity index (χ2v) is 5.03. The number of aromatic carboxylic acids is 1. The Kier molecular flexibility index (Phi) is 6.89. The summed E-state index contributed by atoms with van der Waals surface area (Å²) in [6, 6.07) is 3.99. The third kappa shape index (κ3) is 5.70. The normalized spacial score (nSPS) is 9.86. The summed E-state index contributed by atoms with van der Waals surface area (Å²) in [5, 5.41) is 19.4. The number of hydrogen-bond donors (Lipinski definition) is 3. The van der Waals surface area contributed by atoms with Crippen LogP contribution in [0.5, 0.6) is 5.75 Å². The number of nitrogens with one attached hydrogen (secondary N) is 1. The van der Waals surface area contributed by atoms with Gasteiger partial charge in [-0.05, 0) is 12.1 Å². The monoisotopic (exact) mass is 331 g/mol. The van der Waals surface area contributed by atoms with Crippen molar-refractivity contribution in [2.45, 2.75) is 4.90 Å². The average molecular weight is 331 g/mol. The number of carboxylic acid groups (broad SMARTS) is 1. The van der Waals surface area contributed by atoms with Crippen LogP contribution in [0.25, 0.3) is 0 Å². The highest BCUT2D eigenvalue weighted by atomic mass is 32.2. The summed E-state index contributed by atoms with van der Waals surface area (Å²) >= 11 is 0. The molecule has 1 heterocycles. The van der Waals surface area contributed by atoms with E-state index < -0.39 is 32.3 Å². The van der Waals surface area contributed by atoms with Gasteiger partial charge in [-0.15, -0.1) is 0 Å². The fourth-order valence-electron chi connectivity index (χ4n) is 1.17. The van der Waals surface area contributed by atoms with E-state index in [1.165, 1.54) is 0 Å². The maximum atomic E-state index is 10.9. The second-order valence-electron chi connectivity index (χ2n) is 3.61. The first-order chi connectivity index (χ1) is 9.71. The van der Waals surface area contributed by atoms with E-state index in [0.29, 0.717) is 12.0 Å². The Morgan fingerprint density at radius 1 is 1.36 bits per heavy atom. The number of nitrogens with zero attached hydrogens (tertiary/aromatic N) is 1. The van der Waals surface area contributed by atoms with Gasteiger partial charge in [0.1, 0.15) is 6.20 Å². The number of H-pyrrole nitrogens is 1. The second kappa shape index (κ2) is 7.87. The lowest BCUT2D eigenvalue weighted by atomic mass is 10.2. The number of hydrogen-bond acceptors (Lipinski definition) is 6. The first-order valence-corrected chi connectivity index (χ1v) is 6.76. The molecule has 0 aliphatic heterocycles. The van der Waals surface area contributed by atoms with Crippen molar-refractivity contribution in [1.82, 2.24) is 4.98 Å². The SMILES string of the molecule is Nc1nccc[nH+]1.O.O=C(O)c1cc(S(=O)(=O)O)ccc1[O-]. The van der Waals surface area contributed by atoms with Gasteiger partial charge in [-0.1, -0.05) is 16.8 Å². The number of nitrogen functional groups attached to an aromatic ring is 1. The molecule has 0 aliphatic rings. The topological polar surface area (TPSA) is 199 Å². The fraction of sp³-hybridized carbons (Fsp3) is 0. The minimum absolute atomic E-state index is 0. The van der Waals surface area contributed by atoms with Crippen LogP contribution in [0.2, 0.25) is 0 Å². The van der Waals surface area contributed by atoms with Crippen LogP contribution in [0, 0.1) is 0 Å². The van der Waals surface area contributed by atoms with Gasteiger partial charge in [0, 0.05) is 6.07 Å². The zero-order valence-electron chi connectivity index (χ0n) is 10.9. The van der Waals surface area contributed by atoms with Crippen molar-refractivity contribution in [3.63, 3.8) is 0 Å². The smallest absolute Gasteiger partial charge is 0.386 e. The Hall–Kier alpha value is -2.76. The van der Waals surface area contributed by atoms with Crippen molar-refractivity contribution in [3.8, 4) is 5.75 Å². The maximum absolute atomic E-state index is 10.9. The van der Waals surface area contributed by atoms with Gasteiger partial charge in [0.25, 0.3) is 10.1 Å². The van der Waals surface area contributed by atoms with Gasteiger partial charge in [0.2, 0.25) is 0 Å². The van der Waals surface area contributed by atoms with Gasteiger partial charge in [0.15, 0.2) is 0 Å². The average Bonchev–Trinajstić information content (AvgIpc) is 2.39. The van der Waals surface area contributed by atoms with Crippen LogP contribution in [0.1, 0.15) is 10.4 Å². The Bertz CT molecular complexity index is 735. The molecule has 1 aromatic heterocycles. The number of anilines is 1. The van der Waals surface area contributed by atoms with Crippen molar-refractivity contribution < 1.29 is 38.4 Å². The molecule has 0 fully saturated rings. The van der Waals surface area contributed by atoms with Crippen LogP contribution >= 0.6 is 0 Å². The number of rotatable bonds is 2. The van der Waals surface area contributed by atoms with Crippen LogP contribution in [0.4, 0.5) is 5.95 Å². The molecule has 10 nitrogen and oxygen atoms in total. The Morgan fingerprint density at radius 2 is 2.00 bits per heavy atom. The highest BCUT2D eigenvalue weighted by Gasteiger charge is 2.12. The van der Waals surface area contributed by atoms with Gasteiger partial charge in [0.05, 0.1) is 16.7 Å². The molecule has 0 aliphatic carbocycles. The molecule has 22 heavy (non-hydrogen) atoms. The Morgan fingerprint density at radius 3 is 2.36 bits per heavy atom. The van der Waals surface area contributed by atoms with Crippen LogP contribution in [0.3, 0.4) is 0 Å². The predicted octanol–water partition coefficient (Wildman–Crippen LogP) is -1.64. The summed E-state index contributed by atoms with van der Waals surface area (Å²) in [7, 11) is -4.48. The molecule has 1 aromatic carbocycles. The standard InChI is InChI=1S/C7H6O6S.C4H5N3.H2O/c8-6-2-1-4(14(11,12)13)3-5(6)7(9)10;5-4-6-2-1-3-7-4;/h1-3,8H,(H,9,10)(H,11,12,13);1-3H,(H2,5,6,7);1H2. The van der Waals surface area contributed by atoms with E-state index in [4.69, 9.17) is 15.4 Å². The number of benzene rings is 1. The molecular weight excluding hydrogens is 318 g/mol.